The number of nitrogens with zero attached hydrogens (tertiary/aromatic N) is 3. The number of anilines is 2. The van der Waals surface area contributed by atoms with Crippen molar-refractivity contribution in [3.8, 4) is 0 Å². The molecule has 0 saturated carbocycles. The van der Waals surface area contributed by atoms with Crippen molar-refractivity contribution in [2.45, 2.75) is 39.7 Å². The van der Waals surface area contributed by atoms with Crippen molar-refractivity contribution < 1.29 is 19.2 Å². The van der Waals surface area contributed by atoms with E-state index < -0.39 is 17.7 Å². The lowest BCUT2D eigenvalue weighted by Gasteiger charge is -2.17. The minimum atomic E-state index is -1.33. The summed E-state index contributed by atoms with van der Waals surface area (Å²) in [4.78, 5) is 50.9. The zero-order valence-corrected chi connectivity index (χ0v) is 20.8. The molecule has 2 aromatic carbocycles. The topological polar surface area (TPSA) is 132 Å². The van der Waals surface area contributed by atoms with Crippen molar-refractivity contribution in [1.82, 2.24) is 10.2 Å². The smallest absolute Gasteiger partial charge is 0.258 e. The molecule has 0 spiro atoms. The highest BCUT2D eigenvalue weighted by Gasteiger charge is 2.24. The Hall–Kier alpha value is -3.92. The molecule has 1 atom stereocenters. The van der Waals surface area contributed by atoms with Gasteiger partial charge in [-0.3, -0.25) is 19.2 Å². The molecule has 0 radical (unpaired) electrons. The van der Waals surface area contributed by atoms with Gasteiger partial charge in [0.05, 0.1) is 12.1 Å². The highest BCUT2D eigenvalue weighted by Crippen LogP contribution is 2.26. The van der Waals surface area contributed by atoms with Gasteiger partial charge >= 0.3 is 0 Å². The van der Waals surface area contributed by atoms with Crippen LogP contribution in [0.15, 0.2) is 52.7 Å². The van der Waals surface area contributed by atoms with Crippen LogP contribution in [0.1, 0.15) is 43.1 Å². The lowest BCUT2D eigenvalue weighted by molar-refractivity contribution is -0.126. The highest BCUT2D eigenvalue weighted by atomic mass is 16.2. The number of carbonyl (C=O) groups is 4. The molecule has 1 aliphatic rings. The van der Waals surface area contributed by atoms with Gasteiger partial charge in [0.2, 0.25) is 11.9 Å². The van der Waals surface area contributed by atoms with E-state index in [0.29, 0.717) is 35.6 Å². The maximum Gasteiger partial charge on any atom is 0.258 e. The van der Waals surface area contributed by atoms with Crippen molar-refractivity contribution in [2.75, 3.05) is 36.8 Å². The summed E-state index contributed by atoms with van der Waals surface area (Å²) < 4.78 is 0. The minimum Gasteiger partial charge on any atom is -0.352 e. The van der Waals surface area contributed by atoms with E-state index >= 15 is 0 Å². The second-order valence-corrected chi connectivity index (χ2v) is 8.50. The fraction of sp³-hybridized carbons (Fsp3) is 0.385. The van der Waals surface area contributed by atoms with Gasteiger partial charge in [-0.25, -0.2) is 0 Å². The number of carbonyl (C=O) groups excluding carboxylic acids is 4. The fourth-order valence-corrected chi connectivity index (χ4v) is 3.77. The molecule has 10 nitrogen and oxygen atoms in total. The van der Waals surface area contributed by atoms with Gasteiger partial charge in [0.1, 0.15) is 0 Å². The van der Waals surface area contributed by atoms with E-state index in [9.17, 15) is 19.2 Å². The number of benzene rings is 2. The van der Waals surface area contributed by atoms with E-state index in [2.05, 4.69) is 44.9 Å². The molecule has 0 saturated heterocycles. The van der Waals surface area contributed by atoms with Crippen LogP contribution >= 0.6 is 0 Å². The van der Waals surface area contributed by atoms with Crippen LogP contribution in [-0.2, 0) is 20.8 Å². The lowest BCUT2D eigenvalue weighted by atomic mass is 10.1. The van der Waals surface area contributed by atoms with E-state index in [0.717, 1.165) is 31.6 Å². The fourth-order valence-electron chi connectivity index (χ4n) is 3.77. The number of fused-ring (bicyclic) bond motifs is 1. The Morgan fingerprint density at radius 1 is 1.08 bits per heavy atom. The summed E-state index contributed by atoms with van der Waals surface area (Å²) in [6.07, 6.45) is 1.17. The first kappa shape index (κ1) is 26.7. The normalized spacial score (nSPS) is 13.4. The summed E-state index contributed by atoms with van der Waals surface area (Å²) in [5, 5.41) is 16.2. The molecule has 3 rings (SSSR count). The van der Waals surface area contributed by atoms with Gasteiger partial charge in [0, 0.05) is 23.5 Å². The molecule has 190 valence electrons. The van der Waals surface area contributed by atoms with Crippen LogP contribution in [0.3, 0.4) is 0 Å². The Morgan fingerprint density at radius 2 is 1.81 bits per heavy atom. The third kappa shape index (κ3) is 7.29. The summed E-state index contributed by atoms with van der Waals surface area (Å²) in [6.45, 7) is 8.98. The average Bonchev–Trinajstić information content (AvgIpc) is 3.23. The van der Waals surface area contributed by atoms with Crippen LogP contribution < -0.4 is 16.0 Å². The largest absolute Gasteiger partial charge is 0.352 e. The molecule has 1 aliphatic heterocycles. The second kappa shape index (κ2) is 12.7. The number of rotatable bonds is 12. The summed E-state index contributed by atoms with van der Waals surface area (Å²) in [5.41, 5.74) is 2.81. The third-order valence-electron chi connectivity index (χ3n) is 5.89. The minimum absolute atomic E-state index is 0.109. The van der Waals surface area contributed by atoms with E-state index in [1.54, 1.807) is 42.5 Å². The first-order valence-electron chi connectivity index (χ1n) is 12.1. The van der Waals surface area contributed by atoms with Gasteiger partial charge in [0.15, 0.2) is 5.78 Å². The van der Waals surface area contributed by atoms with Crippen molar-refractivity contribution in [1.29, 1.82) is 0 Å². The van der Waals surface area contributed by atoms with Crippen molar-refractivity contribution >= 4 is 40.6 Å². The maximum absolute atomic E-state index is 12.7. The number of hydrogen-bond acceptors (Lipinski definition) is 7. The Morgan fingerprint density at radius 3 is 2.47 bits per heavy atom. The number of azo groups is 1. The van der Waals surface area contributed by atoms with Crippen molar-refractivity contribution in [3.05, 3.63) is 53.6 Å². The van der Waals surface area contributed by atoms with Gasteiger partial charge in [-0.05, 0) is 74.9 Å². The van der Waals surface area contributed by atoms with Gasteiger partial charge in [-0.1, -0.05) is 19.9 Å². The number of amides is 3. The van der Waals surface area contributed by atoms with Crippen molar-refractivity contribution in [3.63, 3.8) is 0 Å². The monoisotopic (exact) mass is 492 g/mol. The summed E-state index contributed by atoms with van der Waals surface area (Å²) in [5.74, 6) is -1.38. The van der Waals surface area contributed by atoms with Gasteiger partial charge in [-0.2, -0.15) is 10.2 Å². The molecule has 10 heteroatoms. The molecule has 1 unspecified atom stereocenters. The Balaban J connectivity index is 1.55. The first-order valence-corrected chi connectivity index (χ1v) is 12.1. The van der Waals surface area contributed by atoms with E-state index in [1.165, 1.54) is 6.92 Å². The Bertz CT molecular complexity index is 1140. The highest BCUT2D eigenvalue weighted by molar-refractivity contribution is 6.10. The summed E-state index contributed by atoms with van der Waals surface area (Å²) >= 11 is 0. The van der Waals surface area contributed by atoms with E-state index in [4.69, 9.17) is 0 Å². The number of Topliss-reactive ketones (excluding diaryl/α,β-unsaturated/α-hetero) is 1. The molecule has 2 aromatic rings. The molecule has 0 bridgehead atoms. The molecule has 3 amide bonds. The maximum atomic E-state index is 12.7. The quantitative estimate of drug-likeness (QED) is 0.238. The Labute approximate surface area is 210 Å². The molecular weight excluding hydrogens is 460 g/mol. The second-order valence-electron chi connectivity index (χ2n) is 8.50. The predicted octanol–water partition coefficient (Wildman–Crippen LogP) is 3.32. The Kier molecular flexibility index (Phi) is 9.40. The zero-order valence-electron chi connectivity index (χ0n) is 20.8. The van der Waals surface area contributed by atoms with Crippen LogP contribution in [0.4, 0.5) is 17.1 Å². The van der Waals surface area contributed by atoms with Crippen LogP contribution in [0.5, 0.6) is 0 Å². The number of hydrogen-bond donors (Lipinski definition) is 3. The zero-order chi connectivity index (χ0) is 26.1. The standard InChI is InChI=1S/C26H32N6O4/c1-4-32(5-2)14-6-13-27-25(35)18-7-10-20(11-8-18)30-31-24(17(3)33)26(36)28-21-12-9-19-15-23(34)29-22(19)16-21/h7-12,16,24H,4-6,13-15H2,1-3H3,(H,27,35)(H,28,36)(H,29,34). The van der Waals surface area contributed by atoms with Crippen LogP contribution in [0.25, 0.3) is 0 Å². The first-order chi connectivity index (χ1) is 17.3. The van der Waals surface area contributed by atoms with Gasteiger partial charge in [-0.15, -0.1) is 0 Å². The predicted molar refractivity (Wildman–Crippen MR) is 138 cm³/mol. The van der Waals surface area contributed by atoms with Crippen LogP contribution in [0.2, 0.25) is 0 Å². The average molecular weight is 493 g/mol. The third-order valence-corrected chi connectivity index (χ3v) is 5.89. The molecule has 1 heterocycles. The molecule has 0 fully saturated rings. The molecule has 3 N–H and O–H groups in total. The van der Waals surface area contributed by atoms with Crippen molar-refractivity contribution in [2.24, 2.45) is 10.2 Å². The van der Waals surface area contributed by atoms with E-state index in [1.807, 2.05) is 0 Å². The number of nitrogens with one attached hydrogen (secondary N) is 3. The van der Waals surface area contributed by atoms with Crippen LogP contribution in [-0.4, -0.2) is 60.6 Å². The molecule has 0 aromatic heterocycles. The van der Waals surface area contributed by atoms with E-state index in [-0.39, 0.29) is 11.8 Å². The summed E-state index contributed by atoms with van der Waals surface area (Å²) in [6, 6.07) is 10.2. The number of ketones is 1. The van der Waals surface area contributed by atoms with Gasteiger partial charge < -0.3 is 20.9 Å². The molecule has 0 aliphatic carbocycles. The SMILES string of the molecule is CCN(CC)CCCNC(=O)c1ccc(N=NC(C(C)=O)C(=O)Nc2ccc3c(c2)NC(=O)C3)cc1. The van der Waals surface area contributed by atoms with Crippen LogP contribution in [0, 0.1) is 0 Å². The molecule has 36 heavy (non-hydrogen) atoms. The summed E-state index contributed by atoms with van der Waals surface area (Å²) in [7, 11) is 0. The lowest BCUT2D eigenvalue weighted by Crippen LogP contribution is -2.31. The van der Waals surface area contributed by atoms with Gasteiger partial charge in [0.25, 0.3) is 11.8 Å². The molecular formula is C26H32N6O4.